The van der Waals surface area contributed by atoms with E-state index in [0.29, 0.717) is 37.6 Å². The van der Waals surface area contributed by atoms with Gasteiger partial charge in [0.15, 0.2) is 9.75 Å². The minimum atomic E-state index is -5.07. The summed E-state index contributed by atoms with van der Waals surface area (Å²) >= 11 is 14.2. The normalized spacial score (nSPS) is 32.3. The van der Waals surface area contributed by atoms with Gasteiger partial charge in [-0.3, -0.25) is 29.0 Å². The van der Waals surface area contributed by atoms with Gasteiger partial charge in [-0.05, 0) is 61.2 Å². The summed E-state index contributed by atoms with van der Waals surface area (Å²) in [7, 11) is 1.19. The fourth-order valence-electron chi connectivity index (χ4n) is 7.94. The van der Waals surface area contributed by atoms with Crippen LogP contribution in [0.5, 0.6) is 11.5 Å². The second-order valence-electron chi connectivity index (χ2n) is 12.4. The topological polar surface area (TPSA) is 117 Å². The third-order valence-corrected chi connectivity index (χ3v) is 11.5. The van der Waals surface area contributed by atoms with Crippen LogP contribution in [-0.2, 0) is 23.9 Å². The maximum atomic E-state index is 14.2. The zero-order valence-electron chi connectivity index (χ0n) is 24.8. The molecule has 2 aromatic rings. The number of rotatable bonds is 4. The number of phenolic OH excluding ortho intramolecular Hbond substituents is 1. The first-order chi connectivity index (χ1) is 22.2. The van der Waals surface area contributed by atoms with Crippen LogP contribution in [0.2, 0.25) is 0 Å². The van der Waals surface area contributed by atoms with Gasteiger partial charge in [-0.15, -0.1) is 36.4 Å². The number of halogens is 5. The Morgan fingerprint density at radius 3 is 2.26 bits per heavy atom. The Morgan fingerprint density at radius 2 is 1.60 bits per heavy atom. The fourth-order valence-corrected chi connectivity index (χ4v) is 8.95. The van der Waals surface area contributed by atoms with Gasteiger partial charge in [0.05, 0.1) is 30.7 Å². The summed E-state index contributed by atoms with van der Waals surface area (Å²) in [6.45, 7) is 2.56. The molecule has 1 N–H and O–H groups in total. The van der Waals surface area contributed by atoms with Crippen LogP contribution in [0.3, 0.4) is 0 Å². The quantitative estimate of drug-likeness (QED) is 0.286. The molecule has 0 radical (unpaired) electrons. The average Bonchev–Trinajstić information content (AvgIpc) is 3.37. The van der Waals surface area contributed by atoms with Crippen LogP contribution in [0.15, 0.2) is 54.1 Å². The van der Waals surface area contributed by atoms with Crippen molar-refractivity contribution in [2.45, 2.75) is 34.9 Å². The molecule has 0 unspecified atom stereocenters. The monoisotopic (exact) mass is 693 g/mol. The third-order valence-electron chi connectivity index (χ3n) is 10.0. The predicted octanol–water partition coefficient (Wildman–Crippen LogP) is 4.32. The van der Waals surface area contributed by atoms with Crippen molar-refractivity contribution in [2.24, 2.45) is 17.8 Å². The third kappa shape index (κ3) is 4.64. The highest BCUT2D eigenvalue weighted by atomic mass is 35.5. The molecule has 1 saturated carbocycles. The minimum Gasteiger partial charge on any atom is -0.508 e. The second kappa shape index (κ2) is 10.9. The number of hydrogen-bond donors (Lipinski definition) is 1. The van der Waals surface area contributed by atoms with Crippen LogP contribution >= 0.6 is 23.2 Å². The summed E-state index contributed by atoms with van der Waals surface area (Å²) in [6.07, 6.45) is -3.71. The van der Waals surface area contributed by atoms with Gasteiger partial charge in [-0.2, -0.15) is 0 Å². The number of aromatic hydroxyl groups is 1. The Labute approximate surface area is 276 Å². The Balaban J connectivity index is 1.30. The lowest BCUT2D eigenvalue weighted by Gasteiger charge is -2.50. The molecular formula is C32H28Cl2F3N3O7. The van der Waals surface area contributed by atoms with E-state index in [-0.39, 0.29) is 18.4 Å². The summed E-state index contributed by atoms with van der Waals surface area (Å²) in [5.74, 6) is -8.24. The van der Waals surface area contributed by atoms with E-state index in [0.717, 1.165) is 33.7 Å². The van der Waals surface area contributed by atoms with Gasteiger partial charge in [0.2, 0.25) is 11.8 Å². The molecule has 5 aliphatic rings. The van der Waals surface area contributed by atoms with E-state index < -0.39 is 74.9 Å². The summed E-state index contributed by atoms with van der Waals surface area (Å²) in [4.78, 5) is 54.9. The molecule has 0 bridgehead atoms. The molecule has 2 aromatic carbocycles. The molecule has 0 aromatic heterocycles. The van der Waals surface area contributed by atoms with Crippen molar-refractivity contribution in [2.75, 3.05) is 43.2 Å². The number of phenols is 1. The summed E-state index contributed by atoms with van der Waals surface area (Å²) in [5, 5.41) is 11.0. The second-order valence-corrected chi connectivity index (χ2v) is 13.6. The van der Waals surface area contributed by atoms with Crippen LogP contribution in [0.25, 0.3) is 0 Å². The molecule has 6 atom stereocenters. The minimum absolute atomic E-state index is 0.0413. The molecule has 3 saturated heterocycles. The van der Waals surface area contributed by atoms with Gasteiger partial charge in [-0.25, -0.2) is 0 Å². The SMILES string of the molecule is CN1C(=O)[C@]2(Cl)C[C@@H]3C(=CC[C@@H]4C(=O)N(c5ccc(N6CCOCC6)cc5)C(=O)[C@@H]43)[C@H](c3cc(OC(F)(F)F)ccc3O)[C@]2(Cl)C1=O. The summed E-state index contributed by atoms with van der Waals surface area (Å²) in [5.41, 5.74) is 1.33. The highest BCUT2D eigenvalue weighted by Gasteiger charge is 2.76. The zero-order valence-corrected chi connectivity index (χ0v) is 26.3. The van der Waals surface area contributed by atoms with Crippen LogP contribution in [0.4, 0.5) is 24.5 Å². The number of hydrogen-bond acceptors (Lipinski definition) is 8. The van der Waals surface area contributed by atoms with Crippen LogP contribution < -0.4 is 14.5 Å². The number of alkyl halides is 5. The smallest absolute Gasteiger partial charge is 0.508 e. The van der Waals surface area contributed by atoms with Crippen LogP contribution in [0, 0.1) is 17.8 Å². The van der Waals surface area contributed by atoms with Gasteiger partial charge >= 0.3 is 6.36 Å². The van der Waals surface area contributed by atoms with Gasteiger partial charge < -0.3 is 19.5 Å². The molecule has 7 rings (SSSR count). The lowest BCUT2D eigenvalue weighted by Crippen LogP contribution is -2.60. The molecule has 2 aliphatic carbocycles. The number of allylic oxidation sites excluding steroid dienone is 2. The summed E-state index contributed by atoms with van der Waals surface area (Å²) in [6, 6.07) is 9.74. The number of likely N-dealkylation sites (tertiary alicyclic amines) is 1. The number of ether oxygens (including phenoxy) is 2. The number of carbonyl (C=O) groups excluding carboxylic acids is 4. The number of nitrogens with zero attached hydrogens (tertiary/aromatic N) is 3. The standard InChI is InChI=1S/C32H28Cl2F3N3O7/c1-38-28(44)30(33)15-22-19(25(31(30,34)29(38)45)21-14-18(6-9-23(21)41)47-32(35,36)37)7-8-20-24(22)27(43)40(26(20)42)17-4-2-16(3-5-17)39-10-12-46-13-11-39/h2-7,9,14,20,22,24-25,41H,8,10-13,15H2,1H3/t20-,22+,24-,25+,30+,31-/m0/s1. The Morgan fingerprint density at radius 1 is 0.936 bits per heavy atom. The van der Waals surface area contributed by atoms with Gasteiger partial charge in [-0.1, -0.05) is 11.6 Å². The number of imide groups is 2. The Bertz CT molecular complexity index is 1730. The number of fused-ring (bicyclic) bond motifs is 4. The van der Waals surface area contributed by atoms with Crippen molar-refractivity contribution in [1.82, 2.24) is 4.90 Å². The predicted molar refractivity (Wildman–Crippen MR) is 162 cm³/mol. The van der Waals surface area contributed by atoms with Crippen molar-refractivity contribution in [3.8, 4) is 11.5 Å². The van der Waals surface area contributed by atoms with Crippen molar-refractivity contribution < 1.29 is 46.9 Å². The molecule has 248 valence electrons. The van der Waals surface area contributed by atoms with E-state index in [1.807, 2.05) is 12.1 Å². The van der Waals surface area contributed by atoms with Gasteiger partial charge in [0.25, 0.3) is 11.8 Å². The molecule has 10 nitrogen and oxygen atoms in total. The lowest BCUT2D eigenvalue weighted by molar-refractivity contribution is -0.274. The molecule has 4 fully saturated rings. The molecule has 0 spiro atoms. The highest BCUT2D eigenvalue weighted by molar-refractivity contribution is 6.53. The highest BCUT2D eigenvalue weighted by Crippen LogP contribution is 2.66. The average molecular weight is 694 g/mol. The Kier molecular flexibility index (Phi) is 7.34. The van der Waals surface area contributed by atoms with Crippen LogP contribution in [0.1, 0.15) is 24.3 Å². The van der Waals surface area contributed by atoms with E-state index in [1.54, 1.807) is 18.2 Å². The maximum absolute atomic E-state index is 14.2. The molecule has 47 heavy (non-hydrogen) atoms. The van der Waals surface area contributed by atoms with E-state index in [9.17, 15) is 37.5 Å². The van der Waals surface area contributed by atoms with Crippen molar-refractivity contribution in [3.05, 3.63) is 59.7 Å². The largest absolute Gasteiger partial charge is 0.573 e. The number of carbonyl (C=O) groups is 4. The molecule has 3 aliphatic heterocycles. The molecule has 15 heteroatoms. The van der Waals surface area contributed by atoms with Crippen molar-refractivity contribution in [1.29, 1.82) is 0 Å². The first kappa shape index (κ1) is 31.8. The van der Waals surface area contributed by atoms with Crippen molar-refractivity contribution in [3.63, 3.8) is 0 Å². The van der Waals surface area contributed by atoms with Gasteiger partial charge in [0, 0.05) is 37.3 Å². The fraction of sp³-hybridized carbons (Fsp3) is 0.438. The van der Waals surface area contributed by atoms with E-state index in [2.05, 4.69) is 9.64 Å². The van der Waals surface area contributed by atoms with E-state index >= 15 is 0 Å². The van der Waals surface area contributed by atoms with Crippen molar-refractivity contribution >= 4 is 58.2 Å². The van der Waals surface area contributed by atoms with Crippen LogP contribution in [-0.4, -0.2) is 83.1 Å². The molecule has 3 heterocycles. The lowest BCUT2D eigenvalue weighted by atomic mass is 9.56. The van der Waals surface area contributed by atoms with E-state index in [1.165, 1.54) is 7.05 Å². The molecule has 4 amide bonds. The zero-order chi connectivity index (χ0) is 33.6. The first-order valence-corrected chi connectivity index (χ1v) is 15.7. The van der Waals surface area contributed by atoms with E-state index in [4.69, 9.17) is 27.9 Å². The number of morpholine rings is 1. The van der Waals surface area contributed by atoms with Gasteiger partial charge in [0.1, 0.15) is 11.5 Å². The number of amides is 4. The summed E-state index contributed by atoms with van der Waals surface area (Å²) < 4.78 is 49.1. The first-order valence-electron chi connectivity index (χ1n) is 15.0. The maximum Gasteiger partial charge on any atom is 0.573 e. The Hall–Kier alpha value is -3.81. The number of benzene rings is 2. The number of anilines is 2. The molecular weight excluding hydrogens is 666 g/mol.